The van der Waals surface area contributed by atoms with E-state index < -0.39 is 6.04 Å². The zero-order valence-electron chi connectivity index (χ0n) is 18.1. The van der Waals surface area contributed by atoms with Crippen LogP contribution >= 0.6 is 11.6 Å². The van der Waals surface area contributed by atoms with Crippen LogP contribution in [0, 0.1) is 0 Å². The fraction of sp³-hybridized carbons (Fsp3) is 0.280. The van der Waals surface area contributed by atoms with Crippen LogP contribution in [0.4, 0.5) is 0 Å². The third-order valence-electron chi connectivity index (χ3n) is 5.47. The molecule has 0 saturated carbocycles. The Hall–Kier alpha value is -3.09. The van der Waals surface area contributed by atoms with Gasteiger partial charge < -0.3 is 19.0 Å². The van der Waals surface area contributed by atoms with E-state index in [1.807, 2.05) is 38.4 Å². The van der Waals surface area contributed by atoms with Gasteiger partial charge in [0.2, 0.25) is 5.76 Å². The Kier molecular flexibility index (Phi) is 6.35. The first-order valence-electron chi connectivity index (χ1n) is 10.5. The first kappa shape index (κ1) is 22.1. The van der Waals surface area contributed by atoms with Gasteiger partial charge in [-0.3, -0.25) is 9.59 Å². The van der Waals surface area contributed by atoms with E-state index in [0.29, 0.717) is 40.5 Å². The predicted molar refractivity (Wildman–Crippen MR) is 126 cm³/mol. The summed E-state index contributed by atoms with van der Waals surface area (Å²) in [4.78, 5) is 30.7. The average Bonchev–Trinajstić information content (AvgIpc) is 3.05. The molecule has 0 bridgehead atoms. The molecule has 0 unspecified atom stereocenters. The maximum Gasteiger partial charge on any atom is 0.290 e. The van der Waals surface area contributed by atoms with Crippen LogP contribution in [0.3, 0.4) is 0 Å². The largest absolute Gasteiger partial charge is 0.490 e. The Bertz CT molecular complexity index is 1230. The molecule has 1 atom stereocenters. The third kappa shape index (κ3) is 4.16. The topological polar surface area (TPSA) is 63.0 Å². The molecule has 7 heteroatoms. The second-order valence-corrected chi connectivity index (χ2v) is 8.48. The molecule has 2 heterocycles. The van der Waals surface area contributed by atoms with Crippen molar-refractivity contribution in [1.29, 1.82) is 0 Å². The van der Waals surface area contributed by atoms with Crippen molar-refractivity contribution in [3.63, 3.8) is 0 Å². The van der Waals surface area contributed by atoms with Gasteiger partial charge in [0, 0.05) is 11.6 Å². The molecular weight excluding hydrogens is 428 g/mol. The summed E-state index contributed by atoms with van der Waals surface area (Å²) in [5.74, 6) is 0.456. The maximum absolute atomic E-state index is 13.5. The molecular formula is C25H25ClN2O4. The van der Waals surface area contributed by atoms with E-state index in [4.69, 9.17) is 20.8 Å². The Balaban J connectivity index is 1.85. The fourth-order valence-electron chi connectivity index (χ4n) is 4.06. The zero-order chi connectivity index (χ0) is 22.8. The van der Waals surface area contributed by atoms with Gasteiger partial charge in [-0.2, -0.15) is 0 Å². The number of benzene rings is 2. The SMILES string of the molecule is C=CCOc1cccc([C@H]2c3c(oc4ccc(Cl)cc4c3=O)C(=O)N2CCCN(C)C)c1. The van der Waals surface area contributed by atoms with Crippen molar-refractivity contribution in [2.45, 2.75) is 12.5 Å². The van der Waals surface area contributed by atoms with Crippen molar-refractivity contribution in [3.8, 4) is 5.75 Å². The van der Waals surface area contributed by atoms with E-state index in [1.165, 1.54) is 0 Å². The summed E-state index contributed by atoms with van der Waals surface area (Å²) in [5, 5.41) is 0.802. The highest BCUT2D eigenvalue weighted by molar-refractivity contribution is 6.31. The summed E-state index contributed by atoms with van der Waals surface area (Å²) >= 11 is 6.13. The molecule has 4 rings (SSSR count). The molecule has 2 aromatic carbocycles. The standard InChI is InChI=1S/C25H25ClN2O4/c1-4-13-31-18-8-5-7-16(14-18)22-21-23(29)19-15-17(26)9-10-20(19)32-24(21)25(30)28(22)12-6-11-27(2)3/h4-5,7-10,14-15,22H,1,6,11-13H2,2-3H3/t22-/m0/s1. The molecule has 32 heavy (non-hydrogen) atoms. The summed E-state index contributed by atoms with van der Waals surface area (Å²) in [6.07, 6.45) is 2.43. The summed E-state index contributed by atoms with van der Waals surface area (Å²) in [6, 6.07) is 11.7. The van der Waals surface area contributed by atoms with Crippen molar-refractivity contribution in [1.82, 2.24) is 9.80 Å². The highest BCUT2D eigenvalue weighted by Crippen LogP contribution is 2.39. The molecule has 0 radical (unpaired) electrons. The lowest BCUT2D eigenvalue weighted by molar-refractivity contribution is 0.0722. The van der Waals surface area contributed by atoms with Gasteiger partial charge in [0.05, 0.1) is 17.0 Å². The second-order valence-electron chi connectivity index (χ2n) is 8.04. The fourth-order valence-corrected chi connectivity index (χ4v) is 4.23. The first-order valence-corrected chi connectivity index (χ1v) is 10.8. The van der Waals surface area contributed by atoms with Gasteiger partial charge in [-0.25, -0.2) is 0 Å². The molecule has 1 amide bonds. The van der Waals surface area contributed by atoms with Gasteiger partial charge in [0.1, 0.15) is 17.9 Å². The minimum absolute atomic E-state index is 0.0945. The molecule has 1 aliphatic rings. The van der Waals surface area contributed by atoms with Gasteiger partial charge in [-0.15, -0.1) is 0 Å². The second kappa shape index (κ2) is 9.18. The molecule has 0 N–H and O–H groups in total. The quantitative estimate of drug-likeness (QED) is 0.470. The molecule has 166 valence electrons. The van der Waals surface area contributed by atoms with E-state index >= 15 is 0 Å². The van der Waals surface area contributed by atoms with Gasteiger partial charge in [0.25, 0.3) is 5.91 Å². The van der Waals surface area contributed by atoms with Crippen molar-refractivity contribution in [2.75, 3.05) is 33.8 Å². The smallest absolute Gasteiger partial charge is 0.290 e. The van der Waals surface area contributed by atoms with Crippen LogP contribution in [-0.4, -0.2) is 49.5 Å². The number of fused-ring (bicyclic) bond motifs is 2. The maximum atomic E-state index is 13.5. The number of amides is 1. The number of halogens is 1. The van der Waals surface area contributed by atoms with Crippen LogP contribution in [0.5, 0.6) is 5.75 Å². The normalized spacial score (nSPS) is 15.4. The van der Waals surface area contributed by atoms with Crippen molar-refractivity contribution >= 4 is 28.5 Å². The van der Waals surface area contributed by atoms with Gasteiger partial charge >= 0.3 is 0 Å². The third-order valence-corrected chi connectivity index (χ3v) is 5.71. The van der Waals surface area contributed by atoms with E-state index in [1.54, 1.807) is 29.2 Å². The lowest BCUT2D eigenvalue weighted by atomic mass is 9.98. The number of rotatable bonds is 8. The average molecular weight is 453 g/mol. The molecule has 1 aromatic heterocycles. The highest BCUT2D eigenvalue weighted by atomic mass is 35.5. The van der Waals surface area contributed by atoms with Crippen LogP contribution in [0.2, 0.25) is 5.02 Å². The van der Waals surface area contributed by atoms with Crippen LogP contribution in [-0.2, 0) is 0 Å². The summed E-state index contributed by atoms with van der Waals surface area (Å²) < 4.78 is 11.6. The number of hydrogen-bond donors (Lipinski definition) is 0. The van der Waals surface area contributed by atoms with E-state index in [0.717, 1.165) is 18.5 Å². The Morgan fingerprint density at radius 1 is 1.22 bits per heavy atom. The van der Waals surface area contributed by atoms with Crippen LogP contribution in [0.15, 0.2) is 64.3 Å². The predicted octanol–water partition coefficient (Wildman–Crippen LogP) is 4.51. The number of hydrogen-bond acceptors (Lipinski definition) is 5. The molecule has 6 nitrogen and oxygen atoms in total. The van der Waals surface area contributed by atoms with Gasteiger partial charge in [-0.1, -0.05) is 36.4 Å². The first-order chi connectivity index (χ1) is 15.4. The Morgan fingerprint density at radius 2 is 2.03 bits per heavy atom. The van der Waals surface area contributed by atoms with Crippen molar-refractivity contribution in [3.05, 3.63) is 87.3 Å². The number of ether oxygens (including phenoxy) is 1. The van der Waals surface area contributed by atoms with E-state index in [-0.39, 0.29) is 17.1 Å². The van der Waals surface area contributed by atoms with Crippen molar-refractivity contribution < 1.29 is 13.9 Å². The summed E-state index contributed by atoms with van der Waals surface area (Å²) in [7, 11) is 3.97. The van der Waals surface area contributed by atoms with Crippen LogP contribution < -0.4 is 10.2 Å². The number of nitrogens with zero attached hydrogens (tertiary/aromatic N) is 2. The van der Waals surface area contributed by atoms with Crippen LogP contribution in [0.25, 0.3) is 11.0 Å². The molecule has 3 aromatic rings. The lowest BCUT2D eigenvalue weighted by Gasteiger charge is -2.26. The van der Waals surface area contributed by atoms with E-state index in [9.17, 15) is 9.59 Å². The van der Waals surface area contributed by atoms with E-state index in [2.05, 4.69) is 11.5 Å². The number of carbonyl (C=O) groups is 1. The minimum atomic E-state index is -0.563. The van der Waals surface area contributed by atoms with Gasteiger partial charge in [-0.05, 0) is 63.0 Å². The Morgan fingerprint density at radius 3 is 2.78 bits per heavy atom. The monoisotopic (exact) mass is 452 g/mol. The Labute approximate surface area is 191 Å². The van der Waals surface area contributed by atoms with Crippen LogP contribution in [0.1, 0.15) is 34.1 Å². The van der Waals surface area contributed by atoms with Gasteiger partial charge in [0.15, 0.2) is 5.43 Å². The lowest BCUT2D eigenvalue weighted by Crippen LogP contribution is -2.32. The zero-order valence-corrected chi connectivity index (χ0v) is 18.9. The molecule has 0 aliphatic carbocycles. The number of carbonyl (C=O) groups excluding carboxylic acids is 1. The molecule has 0 fully saturated rings. The molecule has 1 aliphatic heterocycles. The molecule has 0 saturated heterocycles. The van der Waals surface area contributed by atoms with Crippen molar-refractivity contribution in [2.24, 2.45) is 0 Å². The highest BCUT2D eigenvalue weighted by Gasteiger charge is 2.42. The molecule has 0 spiro atoms. The minimum Gasteiger partial charge on any atom is -0.490 e. The summed E-state index contributed by atoms with van der Waals surface area (Å²) in [6.45, 7) is 5.34. The summed E-state index contributed by atoms with van der Waals surface area (Å²) in [5.41, 5.74) is 1.24.